The van der Waals surface area contributed by atoms with E-state index in [9.17, 15) is 27.2 Å². The summed E-state index contributed by atoms with van der Waals surface area (Å²) in [7, 11) is 0. The number of hydrogen-bond acceptors (Lipinski definition) is 5. The fourth-order valence-corrected chi connectivity index (χ4v) is 2.54. The molecule has 0 aliphatic heterocycles. The van der Waals surface area contributed by atoms with Crippen LogP contribution in [0.25, 0.3) is 10.9 Å². The molecule has 0 aliphatic rings. The summed E-state index contributed by atoms with van der Waals surface area (Å²) in [5, 5.41) is 10.1. The maximum Gasteiger partial charge on any atom is 0.355 e. The summed E-state index contributed by atoms with van der Waals surface area (Å²) in [6.07, 6.45) is 2.29. The van der Waals surface area contributed by atoms with Crippen molar-refractivity contribution in [3.8, 4) is 6.07 Å². The van der Waals surface area contributed by atoms with Crippen LogP contribution in [-0.2, 0) is 10.7 Å². The minimum Gasteiger partial charge on any atom is -0.341 e. The average molecular weight is 405 g/mol. The first-order chi connectivity index (χ1) is 13.6. The number of rotatable bonds is 4. The summed E-state index contributed by atoms with van der Waals surface area (Å²) >= 11 is 0. The molecule has 0 aliphatic carbocycles. The van der Waals surface area contributed by atoms with Gasteiger partial charge in [0.1, 0.15) is 11.9 Å². The molecule has 1 aromatic carbocycles. The Bertz CT molecular complexity index is 1200. The Balaban J connectivity index is 1.94. The van der Waals surface area contributed by atoms with Crippen LogP contribution >= 0.6 is 0 Å². The zero-order valence-electron chi connectivity index (χ0n) is 14.6. The van der Waals surface area contributed by atoms with Gasteiger partial charge in [-0.15, -0.1) is 0 Å². The van der Waals surface area contributed by atoms with E-state index < -0.39 is 46.0 Å². The van der Waals surface area contributed by atoms with Gasteiger partial charge in [-0.05, 0) is 25.1 Å². The molecule has 3 rings (SSSR count). The molecule has 7 nitrogen and oxygen atoms in total. The highest BCUT2D eigenvalue weighted by Crippen LogP contribution is 2.29. The van der Waals surface area contributed by atoms with Gasteiger partial charge in [-0.1, -0.05) is 0 Å². The first-order valence-electron chi connectivity index (χ1n) is 8.07. The van der Waals surface area contributed by atoms with E-state index in [1.54, 1.807) is 6.07 Å². The lowest BCUT2D eigenvalue weighted by molar-refractivity contribution is -0.148. The Kier molecular flexibility index (Phi) is 5.02. The molecule has 0 spiro atoms. The highest BCUT2D eigenvalue weighted by Gasteiger charge is 2.44. The molecule has 0 radical (unpaired) electrons. The molecule has 0 unspecified atom stereocenters. The second-order valence-corrected chi connectivity index (χ2v) is 6.05. The summed E-state index contributed by atoms with van der Waals surface area (Å²) in [5.74, 6) is -9.00. The van der Waals surface area contributed by atoms with Crippen molar-refractivity contribution in [3.05, 3.63) is 69.5 Å². The van der Waals surface area contributed by atoms with Crippen LogP contribution in [0.5, 0.6) is 0 Å². The predicted octanol–water partition coefficient (Wildman–Crippen LogP) is 2.44. The monoisotopic (exact) mass is 405 g/mol. The van der Waals surface area contributed by atoms with E-state index in [1.165, 1.54) is 6.92 Å². The first kappa shape index (κ1) is 19.9. The van der Waals surface area contributed by atoms with Crippen LogP contribution in [-0.4, -0.2) is 20.9 Å². The highest BCUT2D eigenvalue weighted by molar-refractivity contribution is 5.87. The zero-order valence-corrected chi connectivity index (χ0v) is 14.6. The third kappa shape index (κ3) is 3.64. The van der Waals surface area contributed by atoms with E-state index in [2.05, 4.69) is 9.97 Å². The molecular formula is C18H11F4N5O2. The number of carbonyl (C=O) groups is 1. The van der Waals surface area contributed by atoms with Crippen molar-refractivity contribution < 1.29 is 22.4 Å². The fraction of sp³-hybridized carbons (Fsp3) is 0.167. The van der Waals surface area contributed by atoms with Gasteiger partial charge >= 0.3 is 5.92 Å². The van der Waals surface area contributed by atoms with Gasteiger partial charge in [0, 0.05) is 17.8 Å². The number of alkyl halides is 2. The number of aromatic amines is 1. The number of nitrogens with zero attached hydrogens (tertiary/aromatic N) is 3. The van der Waals surface area contributed by atoms with E-state index in [0.29, 0.717) is 6.07 Å². The van der Waals surface area contributed by atoms with Crippen LogP contribution in [0.4, 0.5) is 17.6 Å². The number of benzene rings is 1. The van der Waals surface area contributed by atoms with Crippen molar-refractivity contribution in [3.63, 3.8) is 0 Å². The van der Waals surface area contributed by atoms with Crippen molar-refractivity contribution in [2.45, 2.75) is 18.9 Å². The lowest BCUT2D eigenvalue weighted by Crippen LogP contribution is -2.42. The Hall–Kier alpha value is -3.81. The second-order valence-electron chi connectivity index (χ2n) is 6.05. The van der Waals surface area contributed by atoms with Crippen LogP contribution in [0, 0.1) is 23.0 Å². The maximum absolute atomic E-state index is 14.6. The number of hydrogen-bond donors (Lipinski definition) is 2. The van der Waals surface area contributed by atoms with Crippen molar-refractivity contribution >= 4 is 16.8 Å². The van der Waals surface area contributed by atoms with Crippen molar-refractivity contribution in [2.24, 2.45) is 0 Å². The number of aromatic nitrogens is 3. The molecule has 11 heteroatoms. The van der Waals surface area contributed by atoms with Crippen LogP contribution < -0.4 is 10.9 Å². The highest BCUT2D eigenvalue weighted by atomic mass is 19.3. The number of nitriles is 1. The van der Waals surface area contributed by atoms with Crippen molar-refractivity contribution in [1.29, 1.82) is 5.26 Å². The van der Waals surface area contributed by atoms with Crippen LogP contribution in [0.2, 0.25) is 0 Å². The number of amides is 1. The van der Waals surface area contributed by atoms with Gasteiger partial charge in [0.2, 0.25) is 0 Å². The second kappa shape index (κ2) is 7.31. The number of pyridine rings is 1. The van der Waals surface area contributed by atoms with Crippen LogP contribution in [0.15, 0.2) is 35.4 Å². The van der Waals surface area contributed by atoms with Gasteiger partial charge in [-0.25, -0.2) is 18.7 Å². The smallest absolute Gasteiger partial charge is 0.341 e. The van der Waals surface area contributed by atoms with Gasteiger partial charge in [-0.2, -0.15) is 14.0 Å². The van der Waals surface area contributed by atoms with Crippen LogP contribution in [0.3, 0.4) is 0 Å². The standard InChI is InChI=1S/C18H11F4N5O2/c1-8(15-24-6-9(5-23)7-25-15)26-17(29)18(21,22)11-4-10-13(27-16(11)28)3-2-12(19)14(10)20/h2-4,6-8H,1H3,(H,26,29)(H,27,28)/t8-/m1/s1. The van der Waals surface area contributed by atoms with Gasteiger partial charge in [0.25, 0.3) is 11.5 Å². The number of fused-ring (bicyclic) bond motifs is 1. The molecule has 2 heterocycles. The maximum atomic E-state index is 14.6. The first-order valence-corrected chi connectivity index (χ1v) is 8.07. The van der Waals surface area contributed by atoms with Gasteiger partial charge in [0.15, 0.2) is 11.6 Å². The SMILES string of the molecule is C[C@@H](NC(=O)C(F)(F)c1cc2c(F)c(F)ccc2[nH]c1=O)c1ncc(C#N)cn1. The minimum atomic E-state index is -4.36. The molecule has 0 bridgehead atoms. The van der Waals surface area contributed by atoms with E-state index >= 15 is 0 Å². The average Bonchev–Trinajstić information content (AvgIpc) is 2.70. The Morgan fingerprint density at radius 2 is 1.93 bits per heavy atom. The Morgan fingerprint density at radius 1 is 1.28 bits per heavy atom. The molecule has 2 N–H and O–H groups in total. The summed E-state index contributed by atoms with van der Waals surface area (Å²) in [5.41, 5.74) is -2.74. The molecule has 1 amide bonds. The quantitative estimate of drug-likeness (QED) is 0.648. The summed E-state index contributed by atoms with van der Waals surface area (Å²) in [4.78, 5) is 33.7. The number of halogens is 4. The largest absolute Gasteiger partial charge is 0.355 e. The lowest BCUT2D eigenvalue weighted by Gasteiger charge is -2.19. The summed E-state index contributed by atoms with van der Waals surface area (Å²) in [6, 6.07) is 2.88. The lowest BCUT2D eigenvalue weighted by atomic mass is 10.1. The van der Waals surface area contributed by atoms with Gasteiger partial charge in [0.05, 0.1) is 22.7 Å². The fourth-order valence-electron chi connectivity index (χ4n) is 2.54. The normalized spacial score (nSPS) is 12.4. The van der Waals surface area contributed by atoms with Gasteiger partial charge in [-0.3, -0.25) is 9.59 Å². The molecule has 0 saturated carbocycles. The Labute approximate surface area is 160 Å². The third-order valence-electron chi connectivity index (χ3n) is 4.07. The number of nitrogens with one attached hydrogen (secondary N) is 2. The third-order valence-corrected chi connectivity index (χ3v) is 4.07. The van der Waals surface area contributed by atoms with E-state index in [1.807, 2.05) is 10.3 Å². The van der Waals surface area contributed by atoms with Gasteiger partial charge < -0.3 is 10.3 Å². The molecule has 2 aromatic heterocycles. The summed E-state index contributed by atoms with van der Waals surface area (Å²) in [6.45, 7) is 1.31. The van der Waals surface area contributed by atoms with E-state index in [-0.39, 0.29) is 16.9 Å². The minimum absolute atomic E-state index is 0.0475. The molecule has 1 atom stereocenters. The van der Waals surface area contributed by atoms with Crippen LogP contribution in [0.1, 0.15) is 29.9 Å². The van der Waals surface area contributed by atoms with Crippen molar-refractivity contribution in [2.75, 3.05) is 0 Å². The Morgan fingerprint density at radius 3 is 2.55 bits per heavy atom. The molecular weight excluding hydrogens is 394 g/mol. The molecule has 3 aromatic rings. The predicted molar refractivity (Wildman–Crippen MR) is 91.7 cm³/mol. The van der Waals surface area contributed by atoms with E-state index in [0.717, 1.165) is 24.5 Å². The molecule has 29 heavy (non-hydrogen) atoms. The zero-order chi connectivity index (χ0) is 21.3. The molecule has 0 fully saturated rings. The topological polar surface area (TPSA) is 112 Å². The van der Waals surface area contributed by atoms with E-state index in [4.69, 9.17) is 5.26 Å². The van der Waals surface area contributed by atoms with Crippen molar-refractivity contribution in [1.82, 2.24) is 20.3 Å². The molecule has 148 valence electrons. The number of carbonyl (C=O) groups excluding carboxylic acids is 1. The molecule has 0 saturated heterocycles. The number of H-pyrrole nitrogens is 1. The summed E-state index contributed by atoms with van der Waals surface area (Å²) < 4.78 is 56.6.